The van der Waals surface area contributed by atoms with E-state index in [0.717, 1.165) is 27.7 Å². The van der Waals surface area contributed by atoms with Gasteiger partial charge in [0.25, 0.3) is 0 Å². The van der Waals surface area contributed by atoms with Crippen LogP contribution in [0.15, 0.2) is 45.5 Å². The number of aromatic nitrogens is 1. The number of fused-ring (bicyclic) bond motifs is 1. The topological polar surface area (TPSA) is 43.1 Å². The van der Waals surface area contributed by atoms with Gasteiger partial charge < -0.3 is 4.42 Å². The normalized spacial score (nSPS) is 10.9. The molecule has 0 saturated heterocycles. The van der Waals surface area contributed by atoms with Gasteiger partial charge >= 0.3 is 0 Å². The summed E-state index contributed by atoms with van der Waals surface area (Å²) in [7, 11) is 0. The SMILES string of the molecule is Cc1c(C(=O)c2cncc(F)c2)oc2ccc(Br)cc12. The number of pyridine rings is 1. The molecule has 2 heterocycles. The first-order chi connectivity index (χ1) is 9.56. The van der Waals surface area contributed by atoms with Crippen LogP contribution >= 0.6 is 15.9 Å². The first-order valence-corrected chi connectivity index (χ1v) is 6.69. The van der Waals surface area contributed by atoms with Gasteiger partial charge in [0.1, 0.15) is 11.4 Å². The number of ketones is 1. The van der Waals surface area contributed by atoms with E-state index < -0.39 is 5.82 Å². The third kappa shape index (κ3) is 2.14. The zero-order chi connectivity index (χ0) is 14.3. The zero-order valence-electron chi connectivity index (χ0n) is 10.5. The number of rotatable bonds is 2. The number of furan rings is 1. The van der Waals surface area contributed by atoms with Gasteiger partial charge in [-0.3, -0.25) is 9.78 Å². The number of aryl methyl sites for hydroxylation is 1. The monoisotopic (exact) mass is 333 g/mol. The van der Waals surface area contributed by atoms with Gasteiger partial charge in [0.05, 0.1) is 6.20 Å². The van der Waals surface area contributed by atoms with E-state index >= 15 is 0 Å². The second-order valence-corrected chi connectivity index (χ2v) is 5.33. The summed E-state index contributed by atoms with van der Waals surface area (Å²) >= 11 is 3.38. The molecule has 0 aliphatic rings. The highest BCUT2D eigenvalue weighted by molar-refractivity contribution is 9.10. The van der Waals surface area contributed by atoms with E-state index in [1.54, 1.807) is 13.0 Å². The lowest BCUT2D eigenvalue weighted by Crippen LogP contribution is -2.02. The van der Waals surface area contributed by atoms with Gasteiger partial charge in [-0.2, -0.15) is 0 Å². The van der Waals surface area contributed by atoms with Crippen LogP contribution in [0.25, 0.3) is 11.0 Å². The molecule has 0 radical (unpaired) electrons. The van der Waals surface area contributed by atoms with Crippen molar-refractivity contribution in [3.63, 3.8) is 0 Å². The minimum atomic E-state index is -0.549. The van der Waals surface area contributed by atoms with E-state index in [4.69, 9.17) is 4.42 Å². The summed E-state index contributed by atoms with van der Waals surface area (Å²) in [6, 6.07) is 6.66. The standard InChI is InChI=1S/C15H9BrFNO2/c1-8-12-5-10(16)2-3-13(12)20-15(8)14(19)9-4-11(17)7-18-6-9/h2-7H,1H3. The Morgan fingerprint density at radius 3 is 2.85 bits per heavy atom. The van der Waals surface area contributed by atoms with E-state index in [2.05, 4.69) is 20.9 Å². The predicted octanol–water partition coefficient (Wildman–Crippen LogP) is 4.27. The lowest BCUT2D eigenvalue weighted by atomic mass is 10.1. The van der Waals surface area contributed by atoms with E-state index in [9.17, 15) is 9.18 Å². The highest BCUT2D eigenvalue weighted by atomic mass is 79.9. The Morgan fingerprint density at radius 2 is 2.10 bits per heavy atom. The molecular weight excluding hydrogens is 325 g/mol. The predicted molar refractivity (Wildman–Crippen MR) is 76.3 cm³/mol. The van der Waals surface area contributed by atoms with Crippen molar-refractivity contribution in [2.45, 2.75) is 6.92 Å². The highest BCUT2D eigenvalue weighted by Crippen LogP contribution is 2.29. The van der Waals surface area contributed by atoms with Crippen LogP contribution in [0.4, 0.5) is 4.39 Å². The largest absolute Gasteiger partial charge is 0.452 e. The third-order valence-corrected chi connectivity index (χ3v) is 3.56. The number of halogens is 2. The maximum absolute atomic E-state index is 13.1. The summed E-state index contributed by atoms with van der Waals surface area (Å²) in [5.74, 6) is -0.709. The van der Waals surface area contributed by atoms with Crippen LogP contribution < -0.4 is 0 Å². The van der Waals surface area contributed by atoms with Crippen molar-refractivity contribution in [2.75, 3.05) is 0 Å². The molecular formula is C15H9BrFNO2. The lowest BCUT2D eigenvalue weighted by Gasteiger charge is -1.98. The average Bonchev–Trinajstić information content (AvgIpc) is 2.75. The first kappa shape index (κ1) is 13.0. The fourth-order valence-electron chi connectivity index (χ4n) is 2.08. The molecule has 0 unspecified atom stereocenters. The smallest absolute Gasteiger partial charge is 0.230 e. The van der Waals surface area contributed by atoms with Crippen molar-refractivity contribution in [3.05, 3.63) is 63.8 Å². The molecule has 100 valence electrons. The van der Waals surface area contributed by atoms with Gasteiger partial charge in [0.15, 0.2) is 5.76 Å². The summed E-state index contributed by atoms with van der Waals surface area (Å²) in [6.07, 6.45) is 2.38. The fraction of sp³-hybridized carbons (Fsp3) is 0.0667. The molecule has 2 aromatic heterocycles. The van der Waals surface area contributed by atoms with Crippen molar-refractivity contribution in [3.8, 4) is 0 Å². The summed E-state index contributed by atoms with van der Waals surface area (Å²) < 4.78 is 19.6. The molecule has 3 rings (SSSR count). The molecule has 0 aliphatic carbocycles. The molecule has 0 aliphatic heterocycles. The summed E-state index contributed by atoms with van der Waals surface area (Å²) in [6.45, 7) is 1.80. The van der Waals surface area contributed by atoms with Gasteiger partial charge in [-0.15, -0.1) is 0 Å². The zero-order valence-corrected chi connectivity index (χ0v) is 12.1. The summed E-state index contributed by atoms with van der Waals surface area (Å²) in [4.78, 5) is 16.0. The fourth-order valence-corrected chi connectivity index (χ4v) is 2.44. The van der Waals surface area contributed by atoms with Gasteiger partial charge in [-0.05, 0) is 31.2 Å². The molecule has 3 nitrogen and oxygen atoms in total. The Hall–Kier alpha value is -2.01. The van der Waals surface area contributed by atoms with Gasteiger partial charge in [-0.1, -0.05) is 15.9 Å². The van der Waals surface area contributed by atoms with Crippen molar-refractivity contribution in [1.29, 1.82) is 0 Å². The number of hydrogen-bond acceptors (Lipinski definition) is 3. The molecule has 5 heteroatoms. The van der Waals surface area contributed by atoms with Gasteiger partial charge in [-0.25, -0.2) is 4.39 Å². The van der Waals surface area contributed by atoms with Gasteiger partial charge in [0, 0.05) is 27.2 Å². The minimum Gasteiger partial charge on any atom is -0.452 e. The highest BCUT2D eigenvalue weighted by Gasteiger charge is 2.20. The number of hydrogen-bond donors (Lipinski definition) is 0. The molecule has 0 saturated carbocycles. The number of benzene rings is 1. The number of carbonyl (C=O) groups is 1. The van der Waals surface area contributed by atoms with Crippen LogP contribution in [0.2, 0.25) is 0 Å². The quantitative estimate of drug-likeness (QED) is 0.658. The van der Waals surface area contributed by atoms with E-state index in [-0.39, 0.29) is 17.1 Å². The van der Waals surface area contributed by atoms with Crippen LogP contribution in [0, 0.1) is 12.7 Å². The first-order valence-electron chi connectivity index (χ1n) is 5.90. The lowest BCUT2D eigenvalue weighted by molar-refractivity contribution is 0.101. The van der Waals surface area contributed by atoms with E-state index in [1.165, 1.54) is 6.20 Å². The van der Waals surface area contributed by atoms with Crippen molar-refractivity contribution < 1.29 is 13.6 Å². The molecule has 0 bridgehead atoms. The maximum atomic E-state index is 13.1. The van der Waals surface area contributed by atoms with Crippen molar-refractivity contribution in [2.24, 2.45) is 0 Å². The van der Waals surface area contributed by atoms with Crippen LogP contribution in [0.5, 0.6) is 0 Å². The Bertz CT molecular complexity index is 826. The summed E-state index contributed by atoms with van der Waals surface area (Å²) in [5, 5.41) is 0.854. The average molecular weight is 334 g/mol. The van der Waals surface area contributed by atoms with Crippen molar-refractivity contribution in [1.82, 2.24) is 4.98 Å². The van der Waals surface area contributed by atoms with Crippen LogP contribution in [-0.2, 0) is 0 Å². The van der Waals surface area contributed by atoms with Crippen LogP contribution in [0.1, 0.15) is 21.7 Å². The second kappa shape index (κ2) is 4.83. The Labute approximate surface area is 122 Å². The Morgan fingerprint density at radius 1 is 1.30 bits per heavy atom. The number of carbonyl (C=O) groups excluding carboxylic acids is 1. The van der Waals surface area contributed by atoms with Crippen LogP contribution in [0.3, 0.4) is 0 Å². The molecule has 1 aromatic carbocycles. The molecule has 20 heavy (non-hydrogen) atoms. The molecule has 0 amide bonds. The summed E-state index contributed by atoms with van der Waals surface area (Å²) in [5.41, 5.74) is 1.53. The third-order valence-electron chi connectivity index (χ3n) is 3.07. The van der Waals surface area contributed by atoms with Crippen LogP contribution in [-0.4, -0.2) is 10.8 Å². The minimum absolute atomic E-state index is 0.172. The molecule has 3 aromatic rings. The molecule has 0 spiro atoms. The second-order valence-electron chi connectivity index (χ2n) is 4.42. The Kier molecular flexibility index (Phi) is 3.14. The molecule has 0 N–H and O–H groups in total. The molecule has 0 fully saturated rings. The number of nitrogens with zero attached hydrogens (tertiary/aromatic N) is 1. The van der Waals surface area contributed by atoms with Gasteiger partial charge in [0.2, 0.25) is 5.78 Å². The van der Waals surface area contributed by atoms with Crippen molar-refractivity contribution >= 4 is 32.7 Å². The Balaban J connectivity index is 2.15. The van der Waals surface area contributed by atoms with E-state index in [1.807, 2.05) is 12.1 Å². The molecule has 0 atom stereocenters. The van der Waals surface area contributed by atoms with E-state index in [0.29, 0.717) is 5.58 Å². The maximum Gasteiger partial charge on any atom is 0.230 e.